The molecular weight excluding hydrogens is 488 g/mol. The van der Waals surface area contributed by atoms with Crippen LogP contribution in [-0.4, -0.2) is 9.55 Å². The van der Waals surface area contributed by atoms with Crippen molar-refractivity contribution < 1.29 is 4.42 Å². The summed E-state index contributed by atoms with van der Waals surface area (Å²) in [4.78, 5) is 5.17. The van der Waals surface area contributed by atoms with Crippen LogP contribution in [0.15, 0.2) is 138 Å². The lowest BCUT2D eigenvalue weighted by molar-refractivity contribution is 0.666. The number of rotatable bonds is 2. The van der Waals surface area contributed by atoms with E-state index in [0.717, 1.165) is 60.8 Å². The van der Waals surface area contributed by atoms with Gasteiger partial charge in [-0.3, -0.25) is 0 Å². The second kappa shape index (κ2) is 8.05. The molecule has 3 nitrogen and oxygen atoms in total. The number of aromatic nitrogens is 2. The lowest BCUT2D eigenvalue weighted by Crippen LogP contribution is -1.94. The van der Waals surface area contributed by atoms with E-state index in [4.69, 9.17) is 9.40 Å². The predicted octanol–water partition coefficient (Wildman–Crippen LogP) is 10.1. The van der Waals surface area contributed by atoms with E-state index in [2.05, 4.69) is 126 Å². The first kappa shape index (κ1) is 21.5. The number of fused-ring (bicyclic) bond motifs is 9. The van der Waals surface area contributed by atoms with E-state index in [1.165, 1.54) is 21.5 Å². The van der Waals surface area contributed by atoms with Gasteiger partial charge in [0.25, 0.3) is 0 Å². The van der Waals surface area contributed by atoms with Crippen LogP contribution < -0.4 is 0 Å². The molecular formula is C37H22N2O. The monoisotopic (exact) mass is 510 g/mol. The van der Waals surface area contributed by atoms with Gasteiger partial charge in [0.05, 0.1) is 27.9 Å². The Kier molecular flexibility index (Phi) is 4.33. The lowest BCUT2D eigenvalue weighted by Gasteiger charge is -2.11. The summed E-state index contributed by atoms with van der Waals surface area (Å²) in [6, 6.07) is 47.0. The first-order valence-electron chi connectivity index (χ1n) is 13.6. The molecule has 186 valence electrons. The molecule has 0 radical (unpaired) electrons. The number of furan rings is 1. The number of nitrogens with zero attached hydrogens (tertiary/aromatic N) is 2. The Morgan fingerprint density at radius 1 is 0.475 bits per heavy atom. The molecule has 6 aromatic carbocycles. The van der Waals surface area contributed by atoms with Gasteiger partial charge < -0.3 is 8.98 Å². The van der Waals surface area contributed by atoms with E-state index >= 15 is 0 Å². The van der Waals surface area contributed by atoms with Crippen molar-refractivity contribution in [2.24, 2.45) is 0 Å². The summed E-state index contributed by atoms with van der Waals surface area (Å²) in [7, 11) is 0. The second-order valence-corrected chi connectivity index (χ2v) is 10.4. The average Bonchev–Trinajstić information content (AvgIpc) is 3.56. The molecule has 0 bridgehead atoms. The van der Waals surface area contributed by atoms with Crippen LogP contribution in [0.1, 0.15) is 0 Å². The molecule has 0 atom stereocenters. The molecule has 3 aromatic heterocycles. The SMILES string of the molecule is c1ccc2c(c1)nc(-c1ccc3c(c1)c1ccccc1n3-c1cccc3c1oc1ccccc13)c1ccccc12. The topological polar surface area (TPSA) is 31.0 Å². The minimum absolute atomic E-state index is 0.901. The smallest absolute Gasteiger partial charge is 0.159 e. The fraction of sp³-hybridized carbons (Fsp3) is 0. The third kappa shape index (κ3) is 2.92. The predicted molar refractivity (Wildman–Crippen MR) is 166 cm³/mol. The number of pyridine rings is 1. The van der Waals surface area contributed by atoms with Crippen molar-refractivity contribution in [3.8, 4) is 16.9 Å². The molecule has 0 fully saturated rings. The van der Waals surface area contributed by atoms with Gasteiger partial charge in [-0.05, 0) is 41.8 Å². The van der Waals surface area contributed by atoms with E-state index in [0.29, 0.717) is 0 Å². The average molecular weight is 511 g/mol. The molecule has 0 saturated heterocycles. The molecule has 0 aliphatic carbocycles. The number of para-hydroxylation sites is 4. The van der Waals surface area contributed by atoms with E-state index in [1.807, 2.05) is 12.1 Å². The Balaban J connectivity index is 1.36. The van der Waals surface area contributed by atoms with Crippen LogP contribution in [0.2, 0.25) is 0 Å². The fourth-order valence-electron chi connectivity index (χ4n) is 6.41. The van der Waals surface area contributed by atoms with Crippen molar-refractivity contribution in [3.05, 3.63) is 133 Å². The minimum atomic E-state index is 0.901. The van der Waals surface area contributed by atoms with Crippen LogP contribution in [-0.2, 0) is 0 Å². The summed E-state index contributed by atoms with van der Waals surface area (Å²) >= 11 is 0. The van der Waals surface area contributed by atoms with Crippen LogP contribution in [0.25, 0.3) is 82.4 Å². The van der Waals surface area contributed by atoms with Gasteiger partial charge in [0.2, 0.25) is 0 Å². The maximum absolute atomic E-state index is 6.46. The van der Waals surface area contributed by atoms with Crippen molar-refractivity contribution in [3.63, 3.8) is 0 Å². The van der Waals surface area contributed by atoms with Crippen molar-refractivity contribution in [1.82, 2.24) is 9.55 Å². The van der Waals surface area contributed by atoms with Crippen LogP contribution >= 0.6 is 0 Å². The van der Waals surface area contributed by atoms with Gasteiger partial charge in [0, 0.05) is 37.9 Å². The second-order valence-electron chi connectivity index (χ2n) is 10.4. The molecule has 0 aliphatic rings. The highest BCUT2D eigenvalue weighted by atomic mass is 16.3. The summed E-state index contributed by atoms with van der Waals surface area (Å²) in [5, 5.41) is 8.23. The summed E-state index contributed by atoms with van der Waals surface area (Å²) in [5.41, 5.74) is 8.27. The van der Waals surface area contributed by atoms with Gasteiger partial charge in [-0.15, -0.1) is 0 Å². The zero-order valence-electron chi connectivity index (χ0n) is 21.5. The molecule has 40 heavy (non-hydrogen) atoms. The first-order valence-corrected chi connectivity index (χ1v) is 13.6. The molecule has 9 aromatic rings. The maximum atomic E-state index is 6.46. The fourth-order valence-corrected chi connectivity index (χ4v) is 6.41. The number of benzene rings is 6. The summed E-state index contributed by atoms with van der Waals surface area (Å²) in [5.74, 6) is 0. The molecule has 0 saturated carbocycles. The van der Waals surface area contributed by atoms with Crippen molar-refractivity contribution in [2.75, 3.05) is 0 Å². The van der Waals surface area contributed by atoms with Crippen molar-refractivity contribution in [1.29, 1.82) is 0 Å². The van der Waals surface area contributed by atoms with Gasteiger partial charge in [0.15, 0.2) is 5.58 Å². The quantitative estimate of drug-likeness (QED) is 0.217. The molecule has 0 N–H and O–H groups in total. The van der Waals surface area contributed by atoms with E-state index in [1.54, 1.807) is 0 Å². The maximum Gasteiger partial charge on any atom is 0.159 e. The van der Waals surface area contributed by atoms with Gasteiger partial charge in [0.1, 0.15) is 5.58 Å². The summed E-state index contributed by atoms with van der Waals surface area (Å²) < 4.78 is 8.79. The van der Waals surface area contributed by atoms with Gasteiger partial charge >= 0.3 is 0 Å². The summed E-state index contributed by atoms with van der Waals surface area (Å²) in [6.07, 6.45) is 0. The first-order chi connectivity index (χ1) is 19.8. The third-order valence-corrected chi connectivity index (χ3v) is 8.18. The van der Waals surface area contributed by atoms with Crippen LogP contribution in [0.4, 0.5) is 0 Å². The Morgan fingerprint density at radius 2 is 1.15 bits per heavy atom. The number of hydrogen-bond acceptors (Lipinski definition) is 2. The Morgan fingerprint density at radius 3 is 2.05 bits per heavy atom. The molecule has 3 heterocycles. The Hall–Kier alpha value is -5.41. The lowest BCUT2D eigenvalue weighted by atomic mass is 9.99. The molecule has 0 amide bonds. The summed E-state index contributed by atoms with van der Waals surface area (Å²) in [6.45, 7) is 0. The van der Waals surface area contributed by atoms with E-state index < -0.39 is 0 Å². The molecule has 9 rings (SSSR count). The largest absolute Gasteiger partial charge is 0.454 e. The Labute approximate surface area is 229 Å². The molecule has 0 spiro atoms. The standard InChI is InChI=1S/C37H22N2O/c1-2-14-28-24(10-1)25-11-3-6-16-31(25)38-36(28)23-20-21-33-30(22-23)26-12-4-7-17-32(26)39(33)34-18-9-15-29-27-13-5-8-19-35(27)40-37(29)34/h1-22H. The Bertz CT molecular complexity index is 2440. The van der Waals surface area contributed by atoms with Crippen LogP contribution in [0, 0.1) is 0 Å². The minimum Gasteiger partial charge on any atom is -0.454 e. The third-order valence-electron chi connectivity index (χ3n) is 8.18. The zero-order chi connectivity index (χ0) is 26.2. The van der Waals surface area contributed by atoms with Crippen molar-refractivity contribution in [2.45, 2.75) is 0 Å². The molecule has 0 aliphatic heterocycles. The van der Waals surface area contributed by atoms with Crippen LogP contribution in [0.3, 0.4) is 0 Å². The van der Waals surface area contributed by atoms with E-state index in [-0.39, 0.29) is 0 Å². The van der Waals surface area contributed by atoms with Gasteiger partial charge in [-0.2, -0.15) is 0 Å². The highest BCUT2D eigenvalue weighted by Gasteiger charge is 2.18. The molecule has 3 heteroatoms. The van der Waals surface area contributed by atoms with Gasteiger partial charge in [-0.1, -0.05) is 97.1 Å². The molecule has 0 unspecified atom stereocenters. The van der Waals surface area contributed by atoms with E-state index in [9.17, 15) is 0 Å². The van der Waals surface area contributed by atoms with Crippen LogP contribution in [0.5, 0.6) is 0 Å². The highest BCUT2D eigenvalue weighted by Crippen LogP contribution is 2.40. The zero-order valence-corrected chi connectivity index (χ0v) is 21.5. The normalized spacial score (nSPS) is 12.0. The highest BCUT2D eigenvalue weighted by molar-refractivity contribution is 6.15. The van der Waals surface area contributed by atoms with Gasteiger partial charge in [-0.25, -0.2) is 4.98 Å². The number of hydrogen-bond donors (Lipinski definition) is 0. The van der Waals surface area contributed by atoms with Crippen molar-refractivity contribution >= 4 is 65.4 Å².